The van der Waals surface area contributed by atoms with Gasteiger partial charge < -0.3 is 9.84 Å². The monoisotopic (exact) mass is 275 g/mol. The molecule has 1 rings (SSSR count). The molecule has 1 aromatic rings. The van der Waals surface area contributed by atoms with E-state index in [2.05, 4.69) is 4.74 Å². The molecule has 0 aliphatic heterocycles. The lowest BCUT2D eigenvalue weighted by Crippen LogP contribution is -2.05. The third-order valence-corrected chi connectivity index (χ3v) is 2.04. The highest BCUT2D eigenvalue weighted by atomic mass is 35.5. The Morgan fingerprint density at radius 3 is 2.50 bits per heavy atom. The van der Waals surface area contributed by atoms with Gasteiger partial charge in [0, 0.05) is 6.07 Å². The van der Waals surface area contributed by atoms with Gasteiger partial charge in [-0.05, 0) is 13.0 Å². The molecule has 0 aromatic heterocycles. The molecule has 0 fully saturated rings. The van der Waals surface area contributed by atoms with Crippen LogP contribution in [0.4, 0.5) is 5.69 Å². The molecule has 0 heterocycles. The van der Waals surface area contributed by atoms with Gasteiger partial charge in [0.05, 0.1) is 22.1 Å². The number of phenols is 1. The molecule has 0 unspecified atom stereocenters. The smallest absolute Gasteiger partial charge is 0.338 e. The number of carbonyl (C=O) groups excluding carboxylic acids is 1. The Morgan fingerprint density at radius 1 is 1.50 bits per heavy atom. The highest BCUT2D eigenvalue weighted by Crippen LogP contribution is 2.34. The number of benzene rings is 1. The van der Waals surface area contributed by atoms with E-state index >= 15 is 0 Å². The summed E-state index contributed by atoms with van der Waals surface area (Å²) in [5.74, 6) is -1.40. The first-order chi connectivity index (χ1) is 8.47. The van der Waals surface area contributed by atoms with Gasteiger partial charge in [0.2, 0.25) is 5.75 Å². The van der Waals surface area contributed by atoms with Crippen LogP contribution in [0, 0.1) is 10.1 Å². The first kappa shape index (κ1) is 16.2. The lowest BCUT2D eigenvalue weighted by atomic mass is 10.2. The Morgan fingerprint density at radius 2 is 2.06 bits per heavy atom. The molecular weight excluding hydrogens is 262 g/mol. The van der Waals surface area contributed by atoms with E-state index in [1.165, 1.54) is 0 Å². The average Bonchev–Trinajstić information content (AvgIpc) is 2.34. The van der Waals surface area contributed by atoms with Crippen molar-refractivity contribution >= 4 is 23.3 Å². The summed E-state index contributed by atoms with van der Waals surface area (Å²) >= 11 is 5.55. The number of nitro benzene ring substituents is 1. The maximum absolute atomic E-state index is 11.3. The Bertz CT molecular complexity index is 447. The van der Waals surface area contributed by atoms with Crippen molar-refractivity contribution in [2.45, 2.75) is 20.8 Å². The minimum Gasteiger partial charge on any atom is -0.501 e. The highest BCUT2D eigenvalue weighted by Gasteiger charge is 2.21. The molecule has 0 atom stereocenters. The molecule has 0 radical (unpaired) electrons. The topological polar surface area (TPSA) is 89.7 Å². The number of aromatic hydroxyl groups is 1. The number of nitrogens with zero attached hydrogens (tertiary/aromatic N) is 1. The Balaban J connectivity index is 0.00000137. The zero-order chi connectivity index (χ0) is 14.3. The molecule has 18 heavy (non-hydrogen) atoms. The van der Waals surface area contributed by atoms with Crippen molar-refractivity contribution in [2.75, 3.05) is 6.61 Å². The highest BCUT2D eigenvalue weighted by molar-refractivity contribution is 6.32. The molecule has 1 N–H and O–H groups in total. The summed E-state index contributed by atoms with van der Waals surface area (Å²) in [6.07, 6.45) is 0. The summed E-state index contributed by atoms with van der Waals surface area (Å²) < 4.78 is 4.66. The van der Waals surface area contributed by atoms with Gasteiger partial charge in [-0.2, -0.15) is 0 Å². The normalized spacial score (nSPS) is 9.11. The molecule has 6 nitrogen and oxygen atoms in total. The second-order valence-electron chi connectivity index (χ2n) is 2.80. The summed E-state index contributed by atoms with van der Waals surface area (Å²) in [7, 11) is 0. The first-order valence-electron chi connectivity index (χ1n) is 5.31. The van der Waals surface area contributed by atoms with E-state index in [-0.39, 0.29) is 17.2 Å². The summed E-state index contributed by atoms with van der Waals surface area (Å²) in [5, 5.41) is 19.6. The van der Waals surface area contributed by atoms with Gasteiger partial charge in [0.15, 0.2) is 0 Å². The molecule has 0 bridgehead atoms. The van der Waals surface area contributed by atoms with Crippen LogP contribution in [0.3, 0.4) is 0 Å². The van der Waals surface area contributed by atoms with Gasteiger partial charge in [-0.25, -0.2) is 4.79 Å². The van der Waals surface area contributed by atoms with Crippen LogP contribution in [0.25, 0.3) is 0 Å². The van der Waals surface area contributed by atoms with Gasteiger partial charge in [0.25, 0.3) is 0 Å². The van der Waals surface area contributed by atoms with Crippen molar-refractivity contribution in [3.8, 4) is 5.75 Å². The molecule has 0 amide bonds. The van der Waals surface area contributed by atoms with E-state index < -0.39 is 22.3 Å². The third-order valence-electron chi connectivity index (χ3n) is 1.75. The first-order valence-corrected chi connectivity index (χ1v) is 5.69. The van der Waals surface area contributed by atoms with Crippen LogP contribution >= 0.6 is 11.6 Å². The maximum atomic E-state index is 11.3. The zero-order valence-corrected chi connectivity index (χ0v) is 11.0. The fraction of sp³-hybridized carbons (Fsp3) is 0.364. The fourth-order valence-electron chi connectivity index (χ4n) is 1.06. The van der Waals surface area contributed by atoms with Crippen LogP contribution in [0.1, 0.15) is 31.1 Å². The van der Waals surface area contributed by atoms with E-state index in [4.69, 9.17) is 11.6 Å². The van der Waals surface area contributed by atoms with Crippen LogP contribution in [0.5, 0.6) is 5.75 Å². The average molecular weight is 276 g/mol. The second kappa shape index (κ2) is 7.50. The third kappa shape index (κ3) is 3.89. The van der Waals surface area contributed by atoms with E-state index in [1.54, 1.807) is 6.92 Å². The minimum absolute atomic E-state index is 0.0728. The minimum atomic E-state index is -0.829. The summed E-state index contributed by atoms with van der Waals surface area (Å²) in [6.45, 7) is 5.75. The number of hydrogen-bond acceptors (Lipinski definition) is 5. The van der Waals surface area contributed by atoms with Crippen molar-refractivity contribution < 1.29 is 19.6 Å². The van der Waals surface area contributed by atoms with Crippen molar-refractivity contribution in [3.63, 3.8) is 0 Å². The largest absolute Gasteiger partial charge is 0.501 e. The molecule has 0 aliphatic rings. The number of rotatable bonds is 3. The molecule has 7 heteroatoms. The number of esters is 1. The number of carbonyl (C=O) groups is 1. The number of phenolic OH excluding ortho intramolecular Hbond substituents is 1. The number of nitro groups is 1. The summed E-state index contributed by atoms with van der Waals surface area (Å²) in [5.41, 5.74) is -0.702. The number of halogens is 1. The second-order valence-corrected chi connectivity index (χ2v) is 3.21. The van der Waals surface area contributed by atoms with E-state index in [9.17, 15) is 20.0 Å². The Kier molecular flexibility index (Phi) is 6.74. The van der Waals surface area contributed by atoms with Gasteiger partial charge in [0.1, 0.15) is 0 Å². The number of hydrogen-bond donors (Lipinski definition) is 1. The molecular formula is C11H14ClNO5. The maximum Gasteiger partial charge on any atom is 0.338 e. The van der Waals surface area contributed by atoms with Crippen molar-refractivity contribution in [3.05, 3.63) is 32.8 Å². The quantitative estimate of drug-likeness (QED) is 0.520. The Hall–Kier alpha value is -1.82. The van der Waals surface area contributed by atoms with Gasteiger partial charge in [-0.3, -0.25) is 10.1 Å². The SMILES string of the molecule is CC.CCOC(=O)c1cc(Cl)c(O)c([N+](=O)[O-])c1. The van der Waals surface area contributed by atoms with Crippen molar-refractivity contribution in [2.24, 2.45) is 0 Å². The molecule has 0 saturated carbocycles. The predicted molar refractivity (Wildman–Crippen MR) is 67.1 cm³/mol. The van der Waals surface area contributed by atoms with Crippen molar-refractivity contribution in [1.82, 2.24) is 0 Å². The molecule has 1 aromatic carbocycles. The van der Waals surface area contributed by atoms with Gasteiger partial charge >= 0.3 is 11.7 Å². The number of ether oxygens (including phenoxy) is 1. The standard InChI is InChI=1S/C9H8ClNO5.C2H6/c1-2-16-9(13)5-3-6(10)8(12)7(4-5)11(14)15;1-2/h3-4,12H,2H2,1H3;1-2H3. The fourth-order valence-corrected chi connectivity index (χ4v) is 1.27. The van der Waals surface area contributed by atoms with Crippen LogP contribution in [-0.4, -0.2) is 22.6 Å². The summed E-state index contributed by atoms with van der Waals surface area (Å²) in [6, 6.07) is 2.03. The lowest BCUT2D eigenvalue weighted by Gasteiger charge is -2.04. The summed E-state index contributed by atoms with van der Waals surface area (Å²) in [4.78, 5) is 21.0. The lowest BCUT2D eigenvalue weighted by molar-refractivity contribution is -0.385. The van der Waals surface area contributed by atoms with Crippen LogP contribution in [0.15, 0.2) is 12.1 Å². The van der Waals surface area contributed by atoms with Crippen LogP contribution < -0.4 is 0 Å². The molecule has 0 spiro atoms. The van der Waals surface area contributed by atoms with Gasteiger partial charge in [-0.1, -0.05) is 25.4 Å². The Labute approximate surface area is 109 Å². The van der Waals surface area contributed by atoms with E-state index in [1.807, 2.05) is 13.8 Å². The predicted octanol–water partition coefficient (Wildman–Crippen LogP) is 3.16. The molecule has 0 aliphatic carbocycles. The zero-order valence-electron chi connectivity index (χ0n) is 10.3. The van der Waals surface area contributed by atoms with Gasteiger partial charge in [-0.15, -0.1) is 0 Å². The van der Waals surface area contributed by atoms with Crippen molar-refractivity contribution in [1.29, 1.82) is 0 Å². The molecule has 100 valence electrons. The van der Waals surface area contributed by atoms with Crippen LogP contribution in [-0.2, 0) is 4.74 Å². The molecule has 0 saturated heterocycles. The van der Waals surface area contributed by atoms with Crippen LogP contribution in [0.2, 0.25) is 5.02 Å². The van der Waals surface area contributed by atoms with E-state index in [0.717, 1.165) is 12.1 Å². The van der Waals surface area contributed by atoms with E-state index in [0.29, 0.717) is 0 Å².